The molecule has 0 bridgehead atoms. The molecule has 2 fully saturated rings. The van der Waals surface area contributed by atoms with Gasteiger partial charge in [-0.25, -0.2) is 12.7 Å². The third-order valence-electron chi connectivity index (χ3n) is 4.71. The molecule has 1 aliphatic heterocycles. The van der Waals surface area contributed by atoms with Gasteiger partial charge < -0.3 is 5.11 Å². The summed E-state index contributed by atoms with van der Waals surface area (Å²) >= 11 is 0. The first-order chi connectivity index (χ1) is 9.49. The molecule has 2 rings (SSSR count). The normalized spacial score (nSPS) is 23.8. The first-order valence-electron chi connectivity index (χ1n) is 7.69. The van der Waals surface area contributed by atoms with Crippen LogP contribution >= 0.6 is 0 Å². The molecule has 1 aliphatic carbocycles. The topological polar surface area (TPSA) is 74.7 Å². The van der Waals surface area contributed by atoms with E-state index < -0.39 is 16.0 Å². The Hall–Kier alpha value is -0.620. The second-order valence-electron chi connectivity index (χ2n) is 6.12. The molecule has 0 atom stereocenters. The van der Waals surface area contributed by atoms with Gasteiger partial charge in [0.15, 0.2) is 0 Å². The van der Waals surface area contributed by atoms with Crippen LogP contribution < -0.4 is 0 Å². The van der Waals surface area contributed by atoms with E-state index in [1.54, 1.807) is 0 Å². The molecule has 1 saturated heterocycles. The van der Waals surface area contributed by atoms with Gasteiger partial charge >= 0.3 is 5.97 Å². The molecular weight excluding hydrogens is 278 g/mol. The van der Waals surface area contributed by atoms with Gasteiger partial charge in [-0.15, -0.1) is 0 Å². The van der Waals surface area contributed by atoms with E-state index in [1.807, 2.05) is 0 Å². The van der Waals surface area contributed by atoms with Crippen molar-refractivity contribution in [3.8, 4) is 0 Å². The summed E-state index contributed by atoms with van der Waals surface area (Å²) in [6.45, 7) is 0.730. The lowest BCUT2D eigenvalue weighted by molar-refractivity contribution is -0.142. The van der Waals surface area contributed by atoms with E-state index >= 15 is 0 Å². The predicted molar refractivity (Wildman–Crippen MR) is 76.9 cm³/mol. The van der Waals surface area contributed by atoms with Gasteiger partial charge in [-0.05, 0) is 25.2 Å². The molecule has 116 valence electrons. The summed E-state index contributed by atoms with van der Waals surface area (Å²) in [4.78, 5) is 10.9. The number of carboxylic acids is 1. The maximum atomic E-state index is 12.3. The number of piperidine rings is 1. The minimum absolute atomic E-state index is 0.232. The molecule has 1 saturated carbocycles. The van der Waals surface area contributed by atoms with Crippen molar-refractivity contribution in [2.75, 3.05) is 18.8 Å². The fraction of sp³-hybridized carbons (Fsp3) is 0.929. The molecule has 6 heteroatoms. The van der Waals surface area contributed by atoms with E-state index in [0.717, 1.165) is 19.3 Å². The van der Waals surface area contributed by atoms with Crippen LogP contribution in [0.4, 0.5) is 0 Å². The third kappa shape index (κ3) is 4.19. The summed E-state index contributed by atoms with van der Waals surface area (Å²) < 4.78 is 26.1. The Labute approximate surface area is 121 Å². The Morgan fingerprint density at radius 1 is 1.05 bits per heavy atom. The molecule has 0 amide bonds. The number of nitrogens with zero attached hydrogens (tertiary/aromatic N) is 1. The van der Waals surface area contributed by atoms with E-state index in [0.29, 0.717) is 31.8 Å². The van der Waals surface area contributed by atoms with Gasteiger partial charge in [-0.3, -0.25) is 4.79 Å². The van der Waals surface area contributed by atoms with Gasteiger partial charge in [0.05, 0.1) is 11.7 Å². The first kappa shape index (κ1) is 15.8. The average Bonchev–Trinajstić information content (AvgIpc) is 2.46. The highest BCUT2D eigenvalue weighted by molar-refractivity contribution is 7.89. The molecule has 1 N–H and O–H groups in total. The van der Waals surface area contributed by atoms with E-state index in [4.69, 9.17) is 5.11 Å². The fourth-order valence-corrected chi connectivity index (χ4v) is 4.96. The van der Waals surface area contributed by atoms with Crippen LogP contribution in [-0.4, -0.2) is 42.6 Å². The van der Waals surface area contributed by atoms with Crippen LogP contribution in [0.25, 0.3) is 0 Å². The number of carboxylic acid groups (broad SMARTS) is 1. The minimum atomic E-state index is -3.19. The van der Waals surface area contributed by atoms with Gasteiger partial charge in [0, 0.05) is 13.1 Å². The lowest BCUT2D eigenvalue weighted by atomic mass is 9.88. The van der Waals surface area contributed by atoms with Crippen molar-refractivity contribution < 1.29 is 18.3 Å². The largest absolute Gasteiger partial charge is 0.481 e. The van der Waals surface area contributed by atoms with Crippen LogP contribution in [0.5, 0.6) is 0 Å². The zero-order chi connectivity index (χ0) is 14.6. The molecule has 0 spiro atoms. The Bertz CT molecular complexity index is 420. The highest BCUT2D eigenvalue weighted by Gasteiger charge is 2.31. The van der Waals surface area contributed by atoms with Gasteiger partial charge in [-0.2, -0.15) is 0 Å². The Morgan fingerprint density at radius 2 is 1.65 bits per heavy atom. The number of carbonyl (C=O) groups is 1. The van der Waals surface area contributed by atoms with Gasteiger partial charge in [-0.1, -0.05) is 32.1 Å². The van der Waals surface area contributed by atoms with E-state index in [-0.39, 0.29) is 11.7 Å². The molecule has 20 heavy (non-hydrogen) atoms. The second-order valence-corrected chi connectivity index (χ2v) is 8.21. The molecule has 2 aliphatic rings. The number of aliphatic carboxylic acids is 1. The van der Waals surface area contributed by atoms with Crippen LogP contribution in [-0.2, 0) is 14.8 Å². The second kappa shape index (κ2) is 6.89. The molecular formula is C14H25NO4S. The third-order valence-corrected chi connectivity index (χ3v) is 6.61. The monoisotopic (exact) mass is 303 g/mol. The molecule has 5 nitrogen and oxygen atoms in total. The molecule has 0 unspecified atom stereocenters. The summed E-state index contributed by atoms with van der Waals surface area (Å²) in [6.07, 6.45) is 7.72. The molecule has 1 heterocycles. The zero-order valence-corrected chi connectivity index (χ0v) is 12.8. The number of sulfonamides is 1. The van der Waals surface area contributed by atoms with Crippen molar-refractivity contribution in [2.24, 2.45) is 11.8 Å². The molecule has 0 aromatic heterocycles. The van der Waals surface area contributed by atoms with Crippen molar-refractivity contribution in [3.63, 3.8) is 0 Å². The average molecular weight is 303 g/mol. The Morgan fingerprint density at radius 3 is 2.20 bits per heavy atom. The number of rotatable bonds is 5. The minimum Gasteiger partial charge on any atom is -0.481 e. The number of hydrogen-bond donors (Lipinski definition) is 1. The summed E-state index contributed by atoms with van der Waals surface area (Å²) in [5, 5.41) is 8.93. The van der Waals surface area contributed by atoms with Crippen molar-refractivity contribution in [1.29, 1.82) is 0 Å². The van der Waals surface area contributed by atoms with Crippen molar-refractivity contribution in [2.45, 2.75) is 51.4 Å². The van der Waals surface area contributed by atoms with E-state index in [9.17, 15) is 13.2 Å². The van der Waals surface area contributed by atoms with Crippen molar-refractivity contribution in [3.05, 3.63) is 0 Å². The summed E-state index contributed by atoms with van der Waals surface area (Å²) in [5.41, 5.74) is 0. The van der Waals surface area contributed by atoms with Gasteiger partial charge in [0.25, 0.3) is 0 Å². The van der Waals surface area contributed by atoms with Gasteiger partial charge in [0.1, 0.15) is 0 Å². The van der Waals surface area contributed by atoms with Gasteiger partial charge in [0.2, 0.25) is 10.0 Å². The first-order valence-corrected chi connectivity index (χ1v) is 9.30. The van der Waals surface area contributed by atoms with Crippen LogP contribution in [0.2, 0.25) is 0 Å². The quantitative estimate of drug-likeness (QED) is 0.844. The molecule has 0 aromatic carbocycles. The standard InChI is InChI=1S/C14H25NO4S/c16-14(17)13-6-9-15(10-7-13)20(18,19)11-8-12-4-2-1-3-5-12/h12-13H,1-11H2,(H,16,17). The van der Waals surface area contributed by atoms with Crippen LogP contribution in [0, 0.1) is 11.8 Å². The summed E-state index contributed by atoms with van der Waals surface area (Å²) in [7, 11) is -3.19. The van der Waals surface area contributed by atoms with Crippen molar-refractivity contribution in [1.82, 2.24) is 4.31 Å². The Balaban J connectivity index is 1.80. The molecule has 0 aromatic rings. The van der Waals surface area contributed by atoms with Crippen LogP contribution in [0.1, 0.15) is 51.4 Å². The highest BCUT2D eigenvalue weighted by atomic mass is 32.2. The van der Waals surface area contributed by atoms with Crippen LogP contribution in [0.3, 0.4) is 0 Å². The number of hydrogen-bond acceptors (Lipinski definition) is 3. The van der Waals surface area contributed by atoms with Crippen molar-refractivity contribution >= 4 is 16.0 Å². The molecule has 0 radical (unpaired) electrons. The fourth-order valence-electron chi connectivity index (χ4n) is 3.30. The maximum Gasteiger partial charge on any atom is 0.306 e. The SMILES string of the molecule is O=C(O)C1CCN(S(=O)(=O)CCC2CCCCC2)CC1. The summed E-state index contributed by atoms with van der Waals surface area (Å²) in [5.74, 6) is -0.380. The van der Waals surface area contributed by atoms with Crippen LogP contribution in [0.15, 0.2) is 0 Å². The zero-order valence-electron chi connectivity index (χ0n) is 12.0. The smallest absolute Gasteiger partial charge is 0.306 e. The van der Waals surface area contributed by atoms with E-state index in [2.05, 4.69) is 0 Å². The summed E-state index contributed by atoms with van der Waals surface area (Å²) in [6, 6.07) is 0. The maximum absolute atomic E-state index is 12.3. The predicted octanol–water partition coefficient (Wildman–Crippen LogP) is 2.08. The highest BCUT2D eigenvalue weighted by Crippen LogP contribution is 2.27. The lowest BCUT2D eigenvalue weighted by Gasteiger charge is -2.30. The Kier molecular flexibility index (Phi) is 5.43. The van der Waals surface area contributed by atoms with E-state index in [1.165, 1.54) is 23.6 Å². The lowest BCUT2D eigenvalue weighted by Crippen LogP contribution is -2.41.